The molecule has 2 aromatic carbocycles. The number of amides is 1. The Bertz CT molecular complexity index is 1100. The van der Waals surface area contributed by atoms with E-state index in [0.29, 0.717) is 29.7 Å². The fourth-order valence-electron chi connectivity index (χ4n) is 4.08. The SMILES string of the molecule is CC.Fc1ccc(-c2cc3cc(F)cc(F)c3[nH]2)cc1.O=C(C1CCC1)N1CC(O)C(CO)C1. The van der Waals surface area contributed by atoms with Crippen LogP contribution in [-0.4, -0.2) is 51.8 Å². The number of aromatic amines is 1. The summed E-state index contributed by atoms with van der Waals surface area (Å²) in [4.78, 5) is 16.3. The first kappa shape index (κ1) is 25.8. The molecule has 3 aromatic rings. The summed E-state index contributed by atoms with van der Waals surface area (Å²) in [5.74, 6) is -1.37. The maximum Gasteiger partial charge on any atom is 0.225 e. The third-order valence-electron chi connectivity index (χ3n) is 6.21. The first-order valence-corrected chi connectivity index (χ1v) is 11.7. The van der Waals surface area contributed by atoms with Gasteiger partial charge in [-0.3, -0.25) is 4.79 Å². The minimum atomic E-state index is -0.640. The summed E-state index contributed by atoms with van der Waals surface area (Å²) in [5.41, 5.74) is 1.58. The summed E-state index contributed by atoms with van der Waals surface area (Å²) in [6, 6.07) is 9.50. The molecule has 2 atom stereocenters. The van der Waals surface area contributed by atoms with E-state index in [1.165, 1.54) is 18.2 Å². The molecule has 0 radical (unpaired) electrons. The molecule has 1 amide bonds. The number of carbonyl (C=O) groups excluding carboxylic acids is 1. The van der Waals surface area contributed by atoms with Gasteiger partial charge < -0.3 is 20.1 Å². The van der Waals surface area contributed by atoms with Crippen molar-refractivity contribution in [1.82, 2.24) is 9.88 Å². The highest BCUT2D eigenvalue weighted by Gasteiger charge is 2.37. The van der Waals surface area contributed by atoms with Crippen molar-refractivity contribution < 1.29 is 28.2 Å². The lowest BCUT2D eigenvalue weighted by atomic mass is 9.84. The van der Waals surface area contributed by atoms with Crippen LogP contribution in [-0.2, 0) is 4.79 Å². The van der Waals surface area contributed by atoms with Crippen LogP contribution in [0.5, 0.6) is 0 Å². The van der Waals surface area contributed by atoms with Crippen molar-refractivity contribution >= 4 is 16.8 Å². The van der Waals surface area contributed by atoms with Crippen LogP contribution >= 0.6 is 0 Å². The fraction of sp³-hybridized carbons (Fsp3) is 0.423. The molecular weight excluding hydrogens is 445 g/mol. The molecule has 1 aromatic heterocycles. The number of aliphatic hydroxyl groups is 2. The van der Waals surface area contributed by atoms with Gasteiger partial charge in [-0.1, -0.05) is 20.3 Å². The molecule has 34 heavy (non-hydrogen) atoms. The Balaban J connectivity index is 0.000000183. The van der Waals surface area contributed by atoms with Crippen LogP contribution in [0.3, 0.4) is 0 Å². The molecule has 2 aliphatic rings. The number of fused-ring (bicyclic) bond motifs is 1. The summed E-state index contributed by atoms with van der Waals surface area (Å²) in [5, 5.41) is 18.9. The Hall–Kier alpha value is -2.84. The molecule has 1 saturated carbocycles. The molecule has 1 saturated heterocycles. The molecule has 3 N–H and O–H groups in total. The number of aromatic nitrogens is 1. The van der Waals surface area contributed by atoms with Crippen LogP contribution in [0.4, 0.5) is 13.2 Å². The number of likely N-dealkylation sites (tertiary alicyclic amines) is 1. The number of aliphatic hydroxyl groups excluding tert-OH is 2. The number of H-pyrrole nitrogens is 1. The molecule has 2 heterocycles. The predicted octanol–water partition coefficient (Wildman–Crippen LogP) is 4.88. The molecular formula is C26H31F3N2O3. The molecule has 0 spiro atoms. The van der Waals surface area contributed by atoms with Gasteiger partial charge >= 0.3 is 0 Å². The summed E-state index contributed by atoms with van der Waals surface area (Å²) >= 11 is 0. The van der Waals surface area contributed by atoms with Crippen LogP contribution in [0.1, 0.15) is 33.1 Å². The number of halogens is 3. The summed E-state index contributed by atoms with van der Waals surface area (Å²) in [6.07, 6.45) is 2.60. The highest BCUT2D eigenvalue weighted by molar-refractivity contribution is 5.86. The van der Waals surface area contributed by atoms with Crippen LogP contribution in [0.2, 0.25) is 0 Å². The van der Waals surface area contributed by atoms with E-state index >= 15 is 0 Å². The second-order valence-corrected chi connectivity index (χ2v) is 8.42. The average molecular weight is 477 g/mol. The molecule has 1 aliphatic heterocycles. The van der Waals surface area contributed by atoms with Crippen LogP contribution in [0.25, 0.3) is 22.2 Å². The Morgan fingerprint density at radius 2 is 1.71 bits per heavy atom. The van der Waals surface area contributed by atoms with Gasteiger partial charge in [0.2, 0.25) is 5.91 Å². The van der Waals surface area contributed by atoms with E-state index in [4.69, 9.17) is 5.11 Å². The zero-order chi connectivity index (χ0) is 24.8. The fourth-order valence-corrected chi connectivity index (χ4v) is 4.08. The standard InChI is InChI=1S/C14H8F3N.C10H17NO3.C2H6/c15-10-3-1-8(2-4-10)13-6-9-5-11(16)7-12(17)14(9)18-13;12-6-8-4-11(5-9(8)13)10(14)7-2-1-3-7;1-2/h1-7,18H;7-9,12-13H,1-6H2;1-2H3. The van der Waals surface area contributed by atoms with Gasteiger partial charge in [-0.05, 0) is 54.8 Å². The van der Waals surface area contributed by atoms with Crippen molar-refractivity contribution in [3.63, 3.8) is 0 Å². The van der Waals surface area contributed by atoms with E-state index in [1.807, 2.05) is 13.8 Å². The lowest BCUT2D eigenvalue weighted by Crippen LogP contribution is -2.37. The van der Waals surface area contributed by atoms with E-state index < -0.39 is 17.7 Å². The normalized spacial score (nSPS) is 19.7. The van der Waals surface area contributed by atoms with E-state index in [1.54, 1.807) is 23.1 Å². The molecule has 0 bridgehead atoms. The lowest BCUT2D eigenvalue weighted by Gasteiger charge is -2.28. The number of carbonyl (C=O) groups is 1. The van der Waals surface area contributed by atoms with Gasteiger partial charge in [0.15, 0.2) is 0 Å². The first-order valence-electron chi connectivity index (χ1n) is 11.7. The molecule has 2 unspecified atom stereocenters. The van der Waals surface area contributed by atoms with E-state index in [0.717, 1.165) is 25.3 Å². The second kappa shape index (κ2) is 11.5. The third-order valence-corrected chi connectivity index (χ3v) is 6.21. The van der Waals surface area contributed by atoms with Gasteiger partial charge in [0.05, 0.1) is 18.2 Å². The maximum atomic E-state index is 13.5. The Labute approximate surface area is 197 Å². The average Bonchev–Trinajstić information content (AvgIpc) is 3.38. The van der Waals surface area contributed by atoms with Crippen molar-refractivity contribution in [3.05, 3.63) is 59.9 Å². The van der Waals surface area contributed by atoms with Crippen molar-refractivity contribution in [1.29, 1.82) is 0 Å². The number of nitrogens with zero attached hydrogens (tertiary/aromatic N) is 1. The topological polar surface area (TPSA) is 76.6 Å². The van der Waals surface area contributed by atoms with Crippen LogP contribution in [0.15, 0.2) is 42.5 Å². The number of benzene rings is 2. The summed E-state index contributed by atoms with van der Waals surface area (Å²) < 4.78 is 39.4. The van der Waals surface area contributed by atoms with Crippen molar-refractivity contribution in [3.8, 4) is 11.3 Å². The molecule has 5 nitrogen and oxygen atoms in total. The number of rotatable bonds is 3. The summed E-state index contributed by atoms with van der Waals surface area (Å²) in [6.45, 7) is 4.89. The summed E-state index contributed by atoms with van der Waals surface area (Å²) in [7, 11) is 0. The molecule has 8 heteroatoms. The Morgan fingerprint density at radius 3 is 2.26 bits per heavy atom. The van der Waals surface area contributed by atoms with Gasteiger partial charge in [-0.2, -0.15) is 0 Å². The van der Waals surface area contributed by atoms with Crippen molar-refractivity contribution in [2.45, 2.75) is 39.2 Å². The number of β-amino-alcohol motifs (C(OH)–C–C–N with tert-alkyl or cyclic N) is 1. The van der Waals surface area contributed by atoms with Gasteiger partial charge in [0, 0.05) is 42.1 Å². The zero-order valence-electron chi connectivity index (χ0n) is 19.4. The molecule has 184 valence electrons. The van der Waals surface area contributed by atoms with Gasteiger partial charge in [0.1, 0.15) is 17.5 Å². The smallest absolute Gasteiger partial charge is 0.225 e. The third kappa shape index (κ3) is 5.80. The monoisotopic (exact) mass is 476 g/mol. The highest BCUT2D eigenvalue weighted by Crippen LogP contribution is 2.30. The molecule has 2 fully saturated rings. The molecule has 1 aliphatic carbocycles. The van der Waals surface area contributed by atoms with E-state index in [9.17, 15) is 23.1 Å². The van der Waals surface area contributed by atoms with E-state index in [2.05, 4.69) is 4.98 Å². The number of nitrogens with one attached hydrogen (secondary N) is 1. The highest BCUT2D eigenvalue weighted by atomic mass is 19.1. The van der Waals surface area contributed by atoms with Crippen LogP contribution in [0, 0.1) is 29.3 Å². The number of hydrogen-bond acceptors (Lipinski definition) is 3. The van der Waals surface area contributed by atoms with Crippen molar-refractivity contribution in [2.24, 2.45) is 11.8 Å². The Kier molecular flexibility index (Phi) is 8.74. The molecule has 5 rings (SSSR count). The zero-order valence-corrected chi connectivity index (χ0v) is 19.4. The quantitative estimate of drug-likeness (QED) is 0.505. The lowest BCUT2D eigenvalue weighted by molar-refractivity contribution is -0.137. The van der Waals surface area contributed by atoms with Gasteiger partial charge in [0.25, 0.3) is 0 Å². The second-order valence-electron chi connectivity index (χ2n) is 8.42. The van der Waals surface area contributed by atoms with Crippen LogP contribution < -0.4 is 0 Å². The number of hydrogen-bond donors (Lipinski definition) is 3. The largest absolute Gasteiger partial charge is 0.396 e. The minimum absolute atomic E-state index is 0.0321. The first-order chi connectivity index (χ1) is 16.4. The minimum Gasteiger partial charge on any atom is -0.396 e. The van der Waals surface area contributed by atoms with Crippen molar-refractivity contribution in [2.75, 3.05) is 19.7 Å². The van der Waals surface area contributed by atoms with Gasteiger partial charge in [-0.25, -0.2) is 13.2 Å². The Morgan fingerprint density at radius 1 is 1.03 bits per heavy atom. The van der Waals surface area contributed by atoms with E-state index in [-0.39, 0.29) is 35.7 Å². The predicted molar refractivity (Wildman–Crippen MR) is 125 cm³/mol. The maximum absolute atomic E-state index is 13.5. The van der Waals surface area contributed by atoms with Gasteiger partial charge in [-0.15, -0.1) is 0 Å².